The van der Waals surface area contributed by atoms with Crippen molar-refractivity contribution in [3.63, 3.8) is 0 Å². The van der Waals surface area contributed by atoms with E-state index in [0.29, 0.717) is 25.3 Å². The number of rotatable bonds is 3. The summed E-state index contributed by atoms with van der Waals surface area (Å²) in [7, 11) is 0. The van der Waals surface area contributed by atoms with Gasteiger partial charge < -0.3 is 14.5 Å². The van der Waals surface area contributed by atoms with Crippen LogP contribution < -0.4 is 9.64 Å². The minimum atomic E-state index is -0.526. The highest BCUT2D eigenvalue weighted by atomic mass is 16.5. The van der Waals surface area contributed by atoms with Crippen molar-refractivity contribution < 1.29 is 14.3 Å². The second kappa shape index (κ2) is 6.83. The van der Waals surface area contributed by atoms with Gasteiger partial charge in [0.25, 0.3) is 5.91 Å². The van der Waals surface area contributed by atoms with Crippen LogP contribution in [0, 0.1) is 0 Å². The van der Waals surface area contributed by atoms with Gasteiger partial charge in [0, 0.05) is 26.1 Å². The number of anilines is 1. The van der Waals surface area contributed by atoms with Crippen LogP contribution in [-0.4, -0.2) is 35.9 Å². The van der Waals surface area contributed by atoms with Crippen molar-refractivity contribution in [2.45, 2.75) is 32.4 Å². The molecule has 4 rings (SSSR count). The van der Waals surface area contributed by atoms with Crippen LogP contribution in [0.2, 0.25) is 0 Å². The van der Waals surface area contributed by atoms with Crippen molar-refractivity contribution in [1.82, 2.24) is 4.90 Å². The van der Waals surface area contributed by atoms with Gasteiger partial charge in [-0.15, -0.1) is 0 Å². The SMILES string of the molecule is CC1Oc2ccccc2N(CCC(=O)N2CCc3ccccc3C2)C1=O. The van der Waals surface area contributed by atoms with E-state index in [2.05, 4.69) is 12.1 Å². The fourth-order valence-corrected chi connectivity index (χ4v) is 3.66. The van der Waals surface area contributed by atoms with Crippen molar-refractivity contribution in [1.29, 1.82) is 0 Å². The van der Waals surface area contributed by atoms with Crippen LogP contribution in [-0.2, 0) is 22.6 Å². The Morgan fingerprint density at radius 2 is 1.85 bits per heavy atom. The number of amides is 2. The number of carbonyl (C=O) groups excluding carboxylic acids is 2. The molecule has 2 aromatic rings. The highest BCUT2D eigenvalue weighted by Crippen LogP contribution is 2.33. The lowest BCUT2D eigenvalue weighted by molar-refractivity contribution is -0.132. The number of hydrogen-bond donors (Lipinski definition) is 0. The van der Waals surface area contributed by atoms with E-state index in [0.717, 1.165) is 18.7 Å². The number of hydrogen-bond acceptors (Lipinski definition) is 3. The molecule has 0 saturated carbocycles. The van der Waals surface area contributed by atoms with Gasteiger partial charge in [0.1, 0.15) is 5.75 Å². The molecule has 0 radical (unpaired) electrons. The van der Waals surface area contributed by atoms with E-state index in [4.69, 9.17) is 4.74 Å². The first-order valence-electron chi connectivity index (χ1n) is 9.05. The van der Waals surface area contributed by atoms with E-state index in [-0.39, 0.29) is 11.8 Å². The molecule has 1 unspecified atom stereocenters. The quantitative estimate of drug-likeness (QED) is 0.855. The average Bonchev–Trinajstić information content (AvgIpc) is 2.67. The van der Waals surface area contributed by atoms with Crippen molar-refractivity contribution >= 4 is 17.5 Å². The molecule has 0 aliphatic carbocycles. The summed E-state index contributed by atoms with van der Waals surface area (Å²) in [6.45, 7) is 3.51. The second-order valence-electron chi connectivity index (χ2n) is 6.80. The van der Waals surface area contributed by atoms with Gasteiger partial charge in [-0.2, -0.15) is 0 Å². The molecule has 134 valence electrons. The van der Waals surface area contributed by atoms with Crippen molar-refractivity contribution in [2.24, 2.45) is 0 Å². The molecule has 0 bridgehead atoms. The predicted molar refractivity (Wildman–Crippen MR) is 99.1 cm³/mol. The zero-order chi connectivity index (χ0) is 18.1. The second-order valence-corrected chi connectivity index (χ2v) is 6.80. The fourth-order valence-electron chi connectivity index (χ4n) is 3.66. The largest absolute Gasteiger partial charge is 0.479 e. The molecular weight excluding hydrogens is 328 g/mol. The minimum absolute atomic E-state index is 0.0870. The normalized spacial score (nSPS) is 18.8. The van der Waals surface area contributed by atoms with Crippen LogP contribution in [0.25, 0.3) is 0 Å². The lowest BCUT2D eigenvalue weighted by Gasteiger charge is -2.34. The Hall–Kier alpha value is -2.82. The Balaban J connectivity index is 1.44. The molecule has 2 heterocycles. The number of ether oxygens (including phenoxy) is 1. The minimum Gasteiger partial charge on any atom is -0.479 e. The first-order chi connectivity index (χ1) is 12.6. The molecule has 2 amide bonds. The summed E-state index contributed by atoms with van der Waals surface area (Å²) in [5.41, 5.74) is 3.28. The van der Waals surface area contributed by atoms with Gasteiger partial charge in [-0.1, -0.05) is 36.4 Å². The maximum atomic E-state index is 12.7. The molecule has 2 aromatic carbocycles. The molecule has 2 aliphatic rings. The Labute approximate surface area is 153 Å². The van der Waals surface area contributed by atoms with Gasteiger partial charge in [-0.25, -0.2) is 0 Å². The highest BCUT2D eigenvalue weighted by Gasteiger charge is 2.32. The smallest absolute Gasteiger partial charge is 0.267 e. The summed E-state index contributed by atoms with van der Waals surface area (Å²) in [4.78, 5) is 28.8. The highest BCUT2D eigenvalue weighted by molar-refractivity contribution is 6.00. The first kappa shape index (κ1) is 16.6. The number of benzene rings is 2. The molecule has 2 aliphatic heterocycles. The molecular formula is C21H22N2O3. The average molecular weight is 350 g/mol. The lowest BCUT2D eigenvalue weighted by Crippen LogP contribution is -2.46. The fraction of sp³-hybridized carbons (Fsp3) is 0.333. The van der Waals surface area contributed by atoms with E-state index in [1.165, 1.54) is 11.1 Å². The van der Waals surface area contributed by atoms with Crippen LogP contribution in [0.15, 0.2) is 48.5 Å². The molecule has 0 N–H and O–H groups in total. The Kier molecular flexibility index (Phi) is 4.37. The van der Waals surface area contributed by atoms with Crippen LogP contribution in [0.5, 0.6) is 5.75 Å². The lowest BCUT2D eigenvalue weighted by atomic mass is 10.00. The summed E-state index contributed by atoms with van der Waals surface area (Å²) in [5, 5.41) is 0. The van der Waals surface area contributed by atoms with Gasteiger partial charge in [-0.3, -0.25) is 9.59 Å². The van der Waals surface area contributed by atoms with E-state index in [9.17, 15) is 9.59 Å². The summed E-state index contributed by atoms with van der Waals surface area (Å²) in [6, 6.07) is 15.7. The van der Waals surface area contributed by atoms with E-state index in [1.807, 2.05) is 41.3 Å². The number of nitrogens with zero attached hydrogens (tertiary/aromatic N) is 2. The number of para-hydroxylation sites is 2. The molecule has 1 atom stereocenters. The van der Waals surface area contributed by atoms with Gasteiger partial charge in [0.05, 0.1) is 5.69 Å². The molecule has 0 aromatic heterocycles. The topological polar surface area (TPSA) is 49.9 Å². The van der Waals surface area contributed by atoms with Gasteiger partial charge in [0.15, 0.2) is 6.10 Å². The molecule has 5 nitrogen and oxygen atoms in total. The zero-order valence-corrected chi connectivity index (χ0v) is 14.9. The maximum absolute atomic E-state index is 12.7. The third-order valence-electron chi connectivity index (χ3n) is 5.11. The Bertz CT molecular complexity index is 849. The van der Waals surface area contributed by atoms with E-state index in [1.54, 1.807) is 11.8 Å². The third kappa shape index (κ3) is 3.05. The van der Waals surface area contributed by atoms with Crippen LogP contribution in [0.4, 0.5) is 5.69 Å². The summed E-state index contributed by atoms with van der Waals surface area (Å²) in [6.07, 6.45) is 0.676. The maximum Gasteiger partial charge on any atom is 0.267 e. The van der Waals surface area contributed by atoms with Crippen LogP contribution in [0.1, 0.15) is 24.5 Å². The van der Waals surface area contributed by atoms with E-state index >= 15 is 0 Å². The third-order valence-corrected chi connectivity index (χ3v) is 5.11. The van der Waals surface area contributed by atoms with E-state index < -0.39 is 6.10 Å². The monoisotopic (exact) mass is 350 g/mol. The Morgan fingerprint density at radius 1 is 1.12 bits per heavy atom. The van der Waals surface area contributed by atoms with Crippen LogP contribution >= 0.6 is 0 Å². The van der Waals surface area contributed by atoms with Gasteiger partial charge in [0.2, 0.25) is 5.91 Å². The van der Waals surface area contributed by atoms with Gasteiger partial charge >= 0.3 is 0 Å². The molecule has 26 heavy (non-hydrogen) atoms. The number of fused-ring (bicyclic) bond motifs is 2. The number of carbonyl (C=O) groups is 2. The molecule has 0 spiro atoms. The zero-order valence-electron chi connectivity index (χ0n) is 14.9. The Morgan fingerprint density at radius 3 is 2.69 bits per heavy atom. The summed E-state index contributed by atoms with van der Waals surface area (Å²) >= 11 is 0. The van der Waals surface area contributed by atoms with Gasteiger partial charge in [-0.05, 0) is 36.6 Å². The molecule has 0 fully saturated rings. The molecule has 0 saturated heterocycles. The predicted octanol–water partition coefficient (Wildman–Crippen LogP) is 2.78. The van der Waals surface area contributed by atoms with Crippen molar-refractivity contribution in [3.8, 4) is 5.75 Å². The van der Waals surface area contributed by atoms with Crippen LogP contribution in [0.3, 0.4) is 0 Å². The van der Waals surface area contributed by atoms with Crippen molar-refractivity contribution in [2.75, 3.05) is 18.0 Å². The first-order valence-corrected chi connectivity index (χ1v) is 9.05. The summed E-state index contributed by atoms with van der Waals surface area (Å²) in [5.74, 6) is 0.684. The standard InChI is InChI=1S/C21H22N2O3/c1-15-21(25)23(18-8-4-5-9-19(18)26-15)13-11-20(24)22-12-10-16-6-2-3-7-17(16)14-22/h2-9,15H,10-14H2,1H3. The summed E-state index contributed by atoms with van der Waals surface area (Å²) < 4.78 is 5.65. The van der Waals surface area contributed by atoms with Crippen molar-refractivity contribution in [3.05, 3.63) is 59.7 Å². The molecule has 5 heteroatoms.